The Morgan fingerprint density at radius 3 is 2.92 bits per heavy atom. The maximum Gasteiger partial charge on any atom is 0.307 e. The number of aryl methyl sites for hydroxylation is 2. The van der Waals surface area contributed by atoms with Gasteiger partial charge in [-0.1, -0.05) is 37.0 Å². The standard InChI is InChI=1S/C27H25FN6O2/c1-3-4-5-8-18-15-30-27(31-23-14-24(34(35)36)21(28)13-22(23)29-2)32-25(18)20-16-33-12-7-10-17-9-6-11-19(20)26(17)33/h6,9,11,13-16,29H,3-4,7,10,12H2,1-2H3,(H,30,31,32). The van der Waals surface area contributed by atoms with E-state index >= 15 is 0 Å². The minimum atomic E-state index is -0.924. The molecule has 0 saturated carbocycles. The highest BCUT2D eigenvalue weighted by Gasteiger charge is 2.21. The first-order valence-electron chi connectivity index (χ1n) is 11.9. The van der Waals surface area contributed by atoms with Gasteiger partial charge in [0.05, 0.1) is 33.1 Å². The number of benzene rings is 2. The average Bonchev–Trinajstić information content (AvgIpc) is 3.26. The fourth-order valence-electron chi connectivity index (χ4n) is 4.60. The number of para-hydroxylation sites is 1. The molecule has 8 nitrogen and oxygen atoms in total. The number of nitro benzene ring substituents is 1. The minimum Gasteiger partial charge on any atom is -0.386 e. The van der Waals surface area contributed by atoms with Crippen LogP contribution in [-0.4, -0.2) is 26.5 Å². The number of halogens is 1. The molecule has 1 aliphatic heterocycles. The van der Waals surface area contributed by atoms with E-state index in [1.54, 1.807) is 13.2 Å². The van der Waals surface area contributed by atoms with E-state index in [1.807, 2.05) is 0 Å². The number of hydrogen-bond acceptors (Lipinski definition) is 6. The second-order valence-corrected chi connectivity index (χ2v) is 8.64. The molecular weight excluding hydrogens is 459 g/mol. The molecule has 0 bridgehead atoms. The number of hydrogen-bond donors (Lipinski definition) is 2. The second-order valence-electron chi connectivity index (χ2n) is 8.64. The minimum absolute atomic E-state index is 0.232. The van der Waals surface area contributed by atoms with Crippen molar-refractivity contribution in [1.82, 2.24) is 14.5 Å². The number of anilines is 3. The van der Waals surface area contributed by atoms with Gasteiger partial charge in [-0.05, 0) is 24.8 Å². The maximum atomic E-state index is 14.2. The number of unbranched alkanes of at least 4 members (excludes halogenated alkanes) is 1. The summed E-state index contributed by atoms with van der Waals surface area (Å²) in [6.07, 6.45) is 7.60. The second kappa shape index (κ2) is 9.66. The lowest BCUT2D eigenvalue weighted by atomic mass is 10.0. The molecule has 0 aliphatic carbocycles. The summed E-state index contributed by atoms with van der Waals surface area (Å²) in [4.78, 5) is 19.8. The molecule has 0 fully saturated rings. The third-order valence-electron chi connectivity index (χ3n) is 6.27. The molecule has 2 aromatic heterocycles. The van der Waals surface area contributed by atoms with Crippen molar-refractivity contribution in [2.75, 3.05) is 17.7 Å². The van der Waals surface area contributed by atoms with Crippen molar-refractivity contribution in [3.63, 3.8) is 0 Å². The van der Waals surface area contributed by atoms with Crippen LogP contribution in [0.5, 0.6) is 0 Å². The molecule has 9 heteroatoms. The van der Waals surface area contributed by atoms with E-state index < -0.39 is 16.4 Å². The largest absolute Gasteiger partial charge is 0.386 e. The van der Waals surface area contributed by atoms with Gasteiger partial charge in [-0.3, -0.25) is 10.1 Å². The number of rotatable bonds is 6. The molecule has 2 N–H and O–H groups in total. The summed E-state index contributed by atoms with van der Waals surface area (Å²) in [7, 11) is 1.61. The molecule has 0 spiro atoms. The zero-order valence-electron chi connectivity index (χ0n) is 20.1. The van der Waals surface area contributed by atoms with Gasteiger partial charge in [0.15, 0.2) is 0 Å². The maximum absolute atomic E-state index is 14.2. The van der Waals surface area contributed by atoms with Crippen molar-refractivity contribution in [2.45, 2.75) is 39.2 Å². The zero-order valence-corrected chi connectivity index (χ0v) is 20.1. The van der Waals surface area contributed by atoms with Crippen LogP contribution in [0.4, 0.5) is 27.4 Å². The highest BCUT2D eigenvalue weighted by atomic mass is 19.1. The zero-order chi connectivity index (χ0) is 25.2. The van der Waals surface area contributed by atoms with E-state index in [9.17, 15) is 14.5 Å². The van der Waals surface area contributed by atoms with Crippen LogP contribution in [0, 0.1) is 27.8 Å². The number of nitrogens with zero attached hydrogens (tertiary/aromatic N) is 4. The third-order valence-corrected chi connectivity index (χ3v) is 6.27. The van der Waals surface area contributed by atoms with Gasteiger partial charge in [0.2, 0.25) is 11.8 Å². The lowest BCUT2D eigenvalue weighted by molar-refractivity contribution is -0.387. The molecule has 5 rings (SSSR count). The van der Waals surface area contributed by atoms with Gasteiger partial charge in [0, 0.05) is 55.5 Å². The predicted molar refractivity (Wildman–Crippen MR) is 139 cm³/mol. The van der Waals surface area contributed by atoms with Gasteiger partial charge in [-0.15, -0.1) is 0 Å². The van der Waals surface area contributed by atoms with E-state index in [1.165, 1.54) is 11.1 Å². The molecule has 0 radical (unpaired) electrons. The van der Waals surface area contributed by atoms with Crippen molar-refractivity contribution in [2.24, 2.45) is 0 Å². The molecule has 3 heterocycles. The molecule has 36 heavy (non-hydrogen) atoms. The van der Waals surface area contributed by atoms with Crippen LogP contribution in [0.15, 0.2) is 42.7 Å². The summed E-state index contributed by atoms with van der Waals surface area (Å²) < 4.78 is 16.4. The summed E-state index contributed by atoms with van der Waals surface area (Å²) in [6, 6.07) is 8.54. The molecule has 0 atom stereocenters. The molecular formula is C27H25FN6O2. The monoisotopic (exact) mass is 484 g/mol. The Bertz CT molecular complexity index is 1550. The number of aromatic nitrogens is 3. The number of nitro groups is 1. The van der Waals surface area contributed by atoms with Crippen LogP contribution >= 0.6 is 0 Å². The molecule has 1 aliphatic rings. The summed E-state index contributed by atoms with van der Waals surface area (Å²) in [6.45, 7) is 3.01. The van der Waals surface area contributed by atoms with Gasteiger partial charge < -0.3 is 15.2 Å². The summed E-state index contributed by atoms with van der Waals surface area (Å²) in [5, 5.41) is 18.3. The third kappa shape index (κ3) is 4.22. The van der Waals surface area contributed by atoms with Gasteiger partial charge in [-0.2, -0.15) is 4.39 Å². The fraction of sp³-hybridized carbons (Fsp3) is 0.259. The van der Waals surface area contributed by atoms with Crippen LogP contribution < -0.4 is 10.6 Å². The van der Waals surface area contributed by atoms with E-state index in [-0.39, 0.29) is 5.95 Å². The molecule has 182 valence electrons. The van der Waals surface area contributed by atoms with Crippen LogP contribution in [0.2, 0.25) is 0 Å². The van der Waals surface area contributed by atoms with Crippen molar-refractivity contribution >= 4 is 33.9 Å². The van der Waals surface area contributed by atoms with Gasteiger partial charge >= 0.3 is 5.69 Å². The highest BCUT2D eigenvalue weighted by Crippen LogP contribution is 2.37. The van der Waals surface area contributed by atoms with Gasteiger partial charge in [0.1, 0.15) is 0 Å². The van der Waals surface area contributed by atoms with Gasteiger partial charge in [-0.25, -0.2) is 9.97 Å². The Balaban J connectivity index is 1.65. The summed E-state index contributed by atoms with van der Waals surface area (Å²) in [5.74, 6) is 5.71. The normalized spacial score (nSPS) is 12.2. The van der Waals surface area contributed by atoms with Crippen LogP contribution in [0.1, 0.15) is 37.3 Å². The van der Waals surface area contributed by atoms with Crippen LogP contribution in [0.25, 0.3) is 22.2 Å². The lowest BCUT2D eigenvalue weighted by Gasteiger charge is -2.14. The van der Waals surface area contributed by atoms with E-state index in [0.717, 1.165) is 55.3 Å². The first kappa shape index (κ1) is 23.3. The predicted octanol–water partition coefficient (Wildman–Crippen LogP) is 6.03. The van der Waals surface area contributed by atoms with Crippen LogP contribution in [-0.2, 0) is 13.0 Å². The molecule has 2 aromatic carbocycles. The summed E-state index contributed by atoms with van der Waals surface area (Å²) >= 11 is 0. The topological polar surface area (TPSA) is 97.9 Å². The molecule has 0 amide bonds. The first-order valence-corrected chi connectivity index (χ1v) is 11.9. The Kier molecular flexibility index (Phi) is 6.25. The van der Waals surface area contributed by atoms with Crippen molar-refractivity contribution in [3.05, 3.63) is 69.8 Å². The summed E-state index contributed by atoms with van der Waals surface area (Å²) in [5.41, 5.74) is 4.88. The SMILES string of the molecule is CCCC#Cc1cnc(Nc2cc([N+](=O)[O-])c(F)cc2NC)nc1-c1cn2c3c(cccc13)CCC2. The smallest absolute Gasteiger partial charge is 0.307 e. The molecule has 0 unspecified atom stereocenters. The van der Waals surface area contributed by atoms with E-state index in [2.05, 4.69) is 63.3 Å². The van der Waals surface area contributed by atoms with E-state index in [0.29, 0.717) is 22.6 Å². The first-order chi connectivity index (χ1) is 17.5. The number of nitrogens with one attached hydrogen (secondary N) is 2. The van der Waals surface area contributed by atoms with Crippen molar-refractivity contribution < 1.29 is 9.31 Å². The Morgan fingerprint density at radius 1 is 1.28 bits per heavy atom. The van der Waals surface area contributed by atoms with Gasteiger partial charge in [0.25, 0.3) is 0 Å². The Morgan fingerprint density at radius 2 is 2.14 bits per heavy atom. The Hall–Kier alpha value is -4.45. The fourth-order valence-corrected chi connectivity index (χ4v) is 4.60. The highest BCUT2D eigenvalue weighted by molar-refractivity contribution is 5.98. The van der Waals surface area contributed by atoms with Crippen LogP contribution in [0.3, 0.4) is 0 Å². The average molecular weight is 485 g/mol. The Labute approximate surface area is 207 Å². The van der Waals surface area contributed by atoms with Crippen molar-refractivity contribution in [3.8, 4) is 23.1 Å². The van der Waals surface area contributed by atoms with E-state index in [4.69, 9.17) is 4.98 Å². The quantitative estimate of drug-likeness (QED) is 0.197. The molecule has 4 aromatic rings. The lowest BCUT2D eigenvalue weighted by Crippen LogP contribution is -2.05. The van der Waals surface area contributed by atoms with Crippen molar-refractivity contribution in [1.29, 1.82) is 0 Å². The molecule has 0 saturated heterocycles.